The van der Waals surface area contributed by atoms with Gasteiger partial charge in [0.25, 0.3) is 0 Å². The van der Waals surface area contributed by atoms with Crippen molar-refractivity contribution in [1.82, 2.24) is 0 Å². The van der Waals surface area contributed by atoms with Crippen molar-refractivity contribution >= 4 is 26.3 Å². The van der Waals surface area contributed by atoms with Crippen molar-refractivity contribution in [2.45, 2.75) is 10.3 Å². The van der Waals surface area contributed by atoms with Crippen LogP contribution < -0.4 is 17.2 Å². The molecule has 2 aromatic rings. The molecule has 96 valence electrons. The van der Waals surface area contributed by atoms with E-state index in [1.54, 1.807) is 30.3 Å². The number of anilines is 1. The number of hydrogen-bond donors (Lipinski definition) is 3. The first-order valence-corrected chi connectivity index (χ1v) is 7.00. The van der Waals surface area contributed by atoms with E-state index in [0.29, 0.717) is 16.5 Å². The average Bonchev–Trinajstić information content (AvgIpc) is 2.38. The summed E-state index contributed by atoms with van der Waals surface area (Å²) in [4.78, 5) is 0.172. The number of nitrogen functional groups attached to an aromatic ring is 1. The molecule has 5 nitrogen and oxygen atoms in total. The predicted octanol–water partition coefficient (Wildman–Crippen LogP) is 0.439. The lowest BCUT2D eigenvalue weighted by Crippen LogP contribution is -2.37. The third kappa shape index (κ3) is 1.94. The molecule has 0 aliphatic heterocycles. The molecule has 18 heavy (non-hydrogen) atoms. The first-order valence-electron chi connectivity index (χ1n) is 5.45. The molecule has 0 aromatic heterocycles. The van der Waals surface area contributed by atoms with Gasteiger partial charge >= 0.3 is 0 Å². The van der Waals surface area contributed by atoms with Crippen molar-refractivity contribution in [3.8, 4) is 0 Å². The number of rotatable bonds is 3. The van der Waals surface area contributed by atoms with Crippen LogP contribution in [-0.4, -0.2) is 20.3 Å². The lowest BCUT2D eigenvalue weighted by Gasteiger charge is -2.13. The summed E-state index contributed by atoms with van der Waals surface area (Å²) < 4.78 is 24.5. The van der Waals surface area contributed by atoms with Crippen LogP contribution in [0.3, 0.4) is 0 Å². The molecule has 0 radical (unpaired) electrons. The minimum absolute atomic E-state index is 0.124. The second-order valence-electron chi connectivity index (χ2n) is 4.02. The maximum absolute atomic E-state index is 12.2. The minimum atomic E-state index is -3.64. The van der Waals surface area contributed by atoms with E-state index in [-0.39, 0.29) is 11.4 Å². The van der Waals surface area contributed by atoms with Crippen LogP contribution in [-0.2, 0) is 9.84 Å². The fraction of sp³-hybridized carbons (Fsp3) is 0.167. The smallest absolute Gasteiger partial charge is 0.195 e. The van der Waals surface area contributed by atoms with Crippen molar-refractivity contribution in [2.75, 3.05) is 12.3 Å². The summed E-state index contributed by atoms with van der Waals surface area (Å²) in [6.45, 7) is -0.124. The van der Waals surface area contributed by atoms with Crippen LogP contribution in [0.5, 0.6) is 0 Å². The second kappa shape index (κ2) is 4.56. The van der Waals surface area contributed by atoms with Gasteiger partial charge in [-0.1, -0.05) is 24.3 Å². The summed E-state index contributed by atoms with van der Waals surface area (Å²) in [6.07, 6.45) is 0. The second-order valence-corrected chi connectivity index (χ2v) is 6.15. The fourth-order valence-electron chi connectivity index (χ4n) is 1.83. The molecule has 0 fully saturated rings. The molecular formula is C12H15N3O2S. The monoisotopic (exact) mass is 265 g/mol. The van der Waals surface area contributed by atoms with E-state index in [9.17, 15) is 8.42 Å². The highest BCUT2D eigenvalue weighted by Gasteiger charge is 2.24. The van der Waals surface area contributed by atoms with Gasteiger partial charge in [0.15, 0.2) is 9.84 Å². The first-order chi connectivity index (χ1) is 8.48. The zero-order valence-corrected chi connectivity index (χ0v) is 10.5. The van der Waals surface area contributed by atoms with Gasteiger partial charge in [-0.05, 0) is 12.1 Å². The van der Waals surface area contributed by atoms with Crippen molar-refractivity contribution in [2.24, 2.45) is 11.5 Å². The maximum Gasteiger partial charge on any atom is 0.195 e. The van der Waals surface area contributed by atoms with E-state index in [2.05, 4.69) is 0 Å². The van der Waals surface area contributed by atoms with E-state index in [1.165, 1.54) is 6.07 Å². The highest BCUT2D eigenvalue weighted by Crippen LogP contribution is 2.28. The van der Waals surface area contributed by atoms with Gasteiger partial charge in [0.1, 0.15) is 5.37 Å². The molecule has 0 saturated heterocycles. The first kappa shape index (κ1) is 12.8. The Bertz CT molecular complexity index is 683. The van der Waals surface area contributed by atoms with Crippen molar-refractivity contribution < 1.29 is 8.42 Å². The lowest BCUT2D eigenvalue weighted by molar-refractivity contribution is 0.582. The molecular weight excluding hydrogens is 250 g/mol. The molecule has 0 bridgehead atoms. The van der Waals surface area contributed by atoms with Crippen molar-refractivity contribution in [1.29, 1.82) is 0 Å². The van der Waals surface area contributed by atoms with Gasteiger partial charge in [-0.15, -0.1) is 0 Å². The summed E-state index contributed by atoms with van der Waals surface area (Å²) in [5.74, 6) is 0. The minimum Gasteiger partial charge on any atom is -0.398 e. The normalized spacial score (nSPS) is 13.7. The summed E-state index contributed by atoms with van der Waals surface area (Å²) in [5, 5.41) is 0.161. The highest BCUT2D eigenvalue weighted by atomic mass is 32.2. The van der Waals surface area contributed by atoms with E-state index < -0.39 is 15.2 Å². The Morgan fingerprint density at radius 2 is 1.67 bits per heavy atom. The standard InChI is InChI=1S/C12H15N3O2S/c13-7-12(15)18(16,17)11-6-5-10(14)8-3-1-2-4-9(8)11/h1-6,12H,7,13-15H2. The summed E-state index contributed by atoms with van der Waals surface area (Å²) in [7, 11) is -3.64. The third-order valence-electron chi connectivity index (χ3n) is 2.86. The summed E-state index contributed by atoms with van der Waals surface area (Å²) >= 11 is 0. The van der Waals surface area contributed by atoms with Gasteiger partial charge in [0.2, 0.25) is 0 Å². The Balaban J connectivity index is 2.78. The number of sulfone groups is 1. The van der Waals surface area contributed by atoms with Crippen LogP contribution in [0.4, 0.5) is 5.69 Å². The topological polar surface area (TPSA) is 112 Å². The molecule has 0 amide bonds. The molecule has 0 aliphatic rings. The van der Waals surface area contributed by atoms with Crippen LogP contribution in [0, 0.1) is 0 Å². The zero-order valence-electron chi connectivity index (χ0n) is 9.71. The Labute approximate surface area is 105 Å². The van der Waals surface area contributed by atoms with Gasteiger partial charge in [-0.2, -0.15) is 0 Å². The van der Waals surface area contributed by atoms with Crippen molar-refractivity contribution in [3.05, 3.63) is 36.4 Å². The SMILES string of the molecule is NCC(N)S(=O)(=O)c1ccc(N)c2ccccc12. The Hall–Kier alpha value is -1.63. The molecule has 0 heterocycles. The molecule has 6 N–H and O–H groups in total. The van der Waals surface area contributed by atoms with Gasteiger partial charge in [0.05, 0.1) is 4.90 Å². The molecule has 2 rings (SSSR count). The van der Waals surface area contributed by atoms with Crippen LogP contribution >= 0.6 is 0 Å². The van der Waals surface area contributed by atoms with Crippen molar-refractivity contribution in [3.63, 3.8) is 0 Å². The fourth-order valence-corrected chi connectivity index (χ4v) is 3.15. The van der Waals surface area contributed by atoms with Crippen LogP contribution in [0.25, 0.3) is 10.8 Å². The predicted molar refractivity (Wildman–Crippen MR) is 72.6 cm³/mol. The molecule has 0 saturated carbocycles. The Kier molecular flexibility index (Phi) is 3.25. The van der Waals surface area contributed by atoms with Gasteiger partial charge in [-0.25, -0.2) is 8.42 Å². The van der Waals surface area contributed by atoms with Crippen LogP contribution in [0.2, 0.25) is 0 Å². The van der Waals surface area contributed by atoms with E-state index >= 15 is 0 Å². The average molecular weight is 265 g/mol. The Morgan fingerprint density at radius 3 is 2.28 bits per heavy atom. The Morgan fingerprint density at radius 1 is 1.06 bits per heavy atom. The third-order valence-corrected chi connectivity index (χ3v) is 4.81. The van der Waals surface area contributed by atoms with Crippen LogP contribution in [0.1, 0.15) is 0 Å². The zero-order chi connectivity index (χ0) is 13.3. The molecule has 6 heteroatoms. The quantitative estimate of drug-likeness (QED) is 0.697. The van der Waals surface area contributed by atoms with Gasteiger partial charge < -0.3 is 17.2 Å². The molecule has 1 atom stereocenters. The van der Waals surface area contributed by atoms with E-state index in [4.69, 9.17) is 17.2 Å². The maximum atomic E-state index is 12.2. The number of hydrogen-bond acceptors (Lipinski definition) is 5. The number of fused-ring (bicyclic) bond motifs is 1. The molecule has 0 spiro atoms. The largest absolute Gasteiger partial charge is 0.398 e. The molecule has 2 aromatic carbocycles. The molecule has 1 unspecified atom stereocenters. The number of nitrogens with two attached hydrogens (primary N) is 3. The molecule has 0 aliphatic carbocycles. The van der Waals surface area contributed by atoms with E-state index in [0.717, 1.165) is 0 Å². The summed E-state index contributed by atoms with van der Waals surface area (Å²) in [5.41, 5.74) is 17.3. The van der Waals surface area contributed by atoms with Gasteiger partial charge in [0, 0.05) is 23.0 Å². The van der Waals surface area contributed by atoms with Gasteiger partial charge in [-0.3, -0.25) is 0 Å². The number of benzene rings is 2. The summed E-state index contributed by atoms with van der Waals surface area (Å²) in [6, 6.07) is 10.1. The lowest BCUT2D eigenvalue weighted by atomic mass is 10.1. The highest BCUT2D eigenvalue weighted by molar-refractivity contribution is 7.92. The van der Waals surface area contributed by atoms with E-state index in [1.807, 2.05) is 0 Å². The van der Waals surface area contributed by atoms with Crippen LogP contribution in [0.15, 0.2) is 41.3 Å².